The van der Waals surface area contributed by atoms with Crippen molar-refractivity contribution in [2.24, 2.45) is 0 Å². The van der Waals surface area contributed by atoms with Crippen LogP contribution in [0.2, 0.25) is 0 Å². The van der Waals surface area contributed by atoms with Crippen molar-refractivity contribution >= 4 is 80.6 Å². The predicted octanol–water partition coefficient (Wildman–Crippen LogP) is 1.12. The Kier molecular flexibility index (Phi) is 29.2. The van der Waals surface area contributed by atoms with Gasteiger partial charge in [-0.25, -0.2) is 0 Å². The zero-order chi connectivity index (χ0) is 7.70. The Morgan fingerprint density at radius 2 is 2.10 bits per heavy atom. The third-order valence-electron chi connectivity index (χ3n) is 0.268. The van der Waals surface area contributed by atoms with Gasteiger partial charge in [0.2, 0.25) is 4.38 Å². The normalized spacial score (nSPS) is 5.40. The van der Waals surface area contributed by atoms with Crippen LogP contribution in [0, 0.1) is 11.3 Å². The molecule has 2 nitrogen and oxygen atoms in total. The molecule has 0 N–H and O–H groups in total. The number of rotatable bonds is 1. The predicted molar refractivity (Wildman–Crippen MR) is 51.6 cm³/mol. The summed E-state index contributed by atoms with van der Waals surface area (Å²) in [6.07, 6.45) is 0. The minimum absolute atomic E-state index is 0. The molecular weight excluding hydrogens is 193 g/mol. The van der Waals surface area contributed by atoms with Gasteiger partial charge in [-0.3, -0.25) is 0 Å². The first kappa shape index (κ1) is 17.5. The van der Waals surface area contributed by atoms with Gasteiger partial charge in [0.15, 0.2) is 0 Å². The fourth-order valence-electron chi connectivity index (χ4n) is 0.123. The van der Waals surface area contributed by atoms with E-state index in [4.69, 9.17) is 5.26 Å². The van der Waals surface area contributed by atoms with Gasteiger partial charge in [0, 0.05) is 6.92 Å². The van der Waals surface area contributed by atoms with Crippen molar-refractivity contribution in [3.05, 3.63) is 0 Å². The fourth-order valence-corrected chi connectivity index (χ4v) is 0.370. The summed E-state index contributed by atoms with van der Waals surface area (Å²) in [6, 6.07) is 1.75. The molecule has 0 rings (SSSR count). The van der Waals surface area contributed by atoms with Gasteiger partial charge in [-0.15, -0.1) is 0 Å². The molecule has 0 aromatic heterocycles. The van der Waals surface area contributed by atoms with Crippen molar-refractivity contribution < 1.29 is 4.74 Å². The van der Waals surface area contributed by atoms with E-state index in [0.717, 1.165) is 0 Å². The number of nitriles is 1. The SMILES string of the molecule is CC#N.CCOC(=S)S.[KH]. The van der Waals surface area contributed by atoms with E-state index < -0.39 is 0 Å². The van der Waals surface area contributed by atoms with Gasteiger partial charge in [-0.1, -0.05) is 12.6 Å². The van der Waals surface area contributed by atoms with E-state index in [1.54, 1.807) is 6.07 Å². The quantitative estimate of drug-likeness (QED) is 0.394. The monoisotopic (exact) mass is 203 g/mol. The molecule has 10 heavy (non-hydrogen) atoms. The first-order valence-corrected chi connectivity index (χ1v) is 3.21. The van der Waals surface area contributed by atoms with Crippen LogP contribution in [-0.4, -0.2) is 62.4 Å². The van der Waals surface area contributed by atoms with Gasteiger partial charge in [0.1, 0.15) is 0 Å². The topological polar surface area (TPSA) is 33.0 Å². The van der Waals surface area contributed by atoms with Crippen LogP contribution >= 0.6 is 24.8 Å². The molecule has 0 saturated carbocycles. The van der Waals surface area contributed by atoms with E-state index >= 15 is 0 Å². The molecule has 0 saturated heterocycles. The molecule has 5 heteroatoms. The van der Waals surface area contributed by atoms with Crippen molar-refractivity contribution in [3.8, 4) is 6.07 Å². The second-order valence-corrected chi connectivity index (χ2v) is 2.00. The average molecular weight is 203 g/mol. The molecule has 0 bridgehead atoms. The third-order valence-corrected chi connectivity index (χ3v) is 0.515. The van der Waals surface area contributed by atoms with Crippen molar-refractivity contribution in [2.75, 3.05) is 6.61 Å². The number of hydrogen-bond acceptors (Lipinski definition) is 3. The molecule has 0 heterocycles. The Hall–Kier alpha value is 1.37. The van der Waals surface area contributed by atoms with E-state index in [-0.39, 0.29) is 51.4 Å². The van der Waals surface area contributed by atoms with Gasteiger partial charge >= 0.3 is 51.4 Å². The van der Waals surface area contributed by atoms with Gasteiger partial charge in [-0.05, 0) is 19.1 Å². The summed E-state index contributed by atoms with van der Waals surface area (Å²) in [6.45, 7) is 3.91. The van der Waals surface area contributed by atoms with Crippen LogP contribution in [0.25, 0.3) is 0 Å². The molecule has 54 valence electrons. The van der Waals surface area contributed by atoms with Crippen LogP contribution in [-0.2, 0) is 4.74 Å². The molecular formula is C5H10KNOS2. The minimum atomic E-state index is 0. The van der Waals surface area contributed by atoms with Crippen molar-refractivity contribution in [2.45, 2.75) is 13.8 Å². The summed E-state index contributed by atoms with van der Waals surface area (Å²) in [4.78, 5) is 0. The Bertz CT molecular complexity index is 113. The average Bonchev–Trinajstić information content (AvgIpc) is 1.67. The molecule has 0 fully saturated rings. The van der Waals surface area contributed by atoms with Gasteiger partial charge in [-0.2, -0.15) is 5.26 Å². The van der Waals surface area contributed by atoms with E-state index in [1.807, 2.05) is 6.92 Å². The number of ether oxygens (including phenoxy) is 1. The zero-order valence-electron chi connectivity index (χ0n) is 5.42. The Balaban J connectivity index is -0.000000107. The van der Waals surface area contributed by atoms with Crippen molar-refractivity contribution in [1.82, 2.24) is 0 Å². The van der Waals surface area contributed by atoms with Crippen molar-refractivity contribution in [1.29, 1.82) is 5.26 Å². The first-order chi connectivity index (χ1) is 4.18. The molecule has 0 aliphatic heterocycles. The molecule has 0 aromatic rings. The fraction of sp³-hybridized carbons (Fsp3) is 0.600. The molecule has 0 aromatic carbocycles. The van der Waals surface area contributed by atoms with E-state index in [0.29, 0.717) is 11.0 Å². The molecule has 0 unspecified atom stereocenters. The number of nitrogens with zero attached hydrogens (tertiary/aromatic N) is 1. The van der Waals surface area contributed by atoms with Crippen LogP contribution in [0.15, 0.2) is 0 Å². The van der Waals surface area contributed by atoms with E-state index in [1.165, 1.54) is 6.92 Å². The zero-order valence-corrected chi connectivity index (χ0v) is 7.13. The number of thiol groups is 1. The molecule has 0 radical (unpaired) electrons. The van der Waals surface area contributed by atoms with Crippen LogP contribution < -0.4 is 0 Å². The summed E-state index contributed by atoms with van der Waals surface area (Å²) < 4.78 is 4.95. The Labute approximate surface area is 115 Å². The summed E-state index contributed by atoms with van der Waals surface area (Å²) in [5, 5.41) is 7.32. The Morgan fingerprint density at radius 3 is 2.10 bits per heavy atom. The first-order valence-electron chi connectivity index (χ1n) is 2.35. The van der Waals surface area contributed by atoms with E-state index in [2.05, 4.69) is 29.6 Å². The summed E-state index contributed by atoms with van der Waals surface area (Å²) >= 11 is 8.12. The molecule has 0 amide bonds. The number of thiocarbonyl (C=S) groups is 1. The molecule has 0 aliphatic carbocycles. The van der Waals surface area contributed by atoms with Crippen molar-refractivity contribution in [3.63, 3.8) is 0 Å². The maximum absolute atomic E-state index is 7.32. The summed E-state index contributed by atoms with van der Waals surface area (Å²) in [5.74, 6) is 0. The van der Waals surface area contributed by atoms with Crippen LogP contribution in [0.1, 0.15) is 13.8 Å². The third kappa shape index (κ3) is 34.4. The second kappa shape index (κ2) is 16.8. The second-order valence-electron chi connectivity index (χ2n) is 0.923. The van der Waals surface area contributed by atoms with Gasteiger partial charge < -0.3 is 4.74 Å². The van der Waals surface area contributed by atoms with E-state index in [9.17, 15) is 0 Å². The van der Waals surface area contributed by atoms with Gasteiger partial charge in [0.25, 0.3) is 0 Å². The number of hydrogen-bond donors (Lipinski definition) is 1. The molecule has 0 spiro atoms. The van der Waals surface area contributed by atoms with Gasteiger partial charge in [0.05, 0.1) is 12.7 Å². The summed E-state index contributed by atoms with van der Waals surface area (Å²) in [5.41, 5.74) is 0. The van der Waals surface area contributed by atoms with Crippen LogP contribution in [0.4, 0.5) is 0 Å². The molecule has 0 aliphatic rings. The molecule has 0 atom stereocenters. The Morgan fingerprint density at radius 1 is 1.80 bits per heavy atom. The maximum atomic E-state index is 7.32. The summed E-state index contributed by atoms with van der Waals surface area (Å²) in [7, 11) is 0. The van der Waals surface area contributed by atoms with Crippen LogP contribution in [0.3, 0.4) is 0 Å². The van der Waals surface area contributed by atoms with Crippen LogP contribution in [0.5, 0.6) is 0 Å². The standard InChI is InChI=1S/C3H6OS2.C2H3N.K.H/c1-2-4-3(5)6;1-2-3;;/h2H2,1H3,(H,5,6);1H3;;.